The van der Waals surface area contributed by atoms with Gasteiger partial charge in [0.15, 0.2) is 0 Å². The molecule has 1 aromatic heterocycles. The van der Waals surface area contributed by atoms with E-state index in [0.29, 0.717) is 0 Å². The number of alkyl halides is 2. The lowest BCUT2D eigenvalue weighted by atomic mass is 10.1. The number of anilines is 2. The number of rotatable bonds is 2. The molecule has 0 amide bonds. The van der Waals surface area contributed by atoms with Crippen molar-refractivity contribution in [3.63, 3.8) is 0 Å². The summed E-state index contributed by atoms with van der Waals surface area (Å²) in [6.45, 7) is 0. The van der Waals surface area contributed by atoms with Gasteiger partial charge < -0.3 is 16.6 Å². The molecule has 5 N–H and O–H groups in total. The summed E-state index contributed by atoms with van der Waals surface area (Å²) in [4.78, 5) is 13.9. The lowest BCUT2D eigenvalue weighted by molar-refractivity contribution is 0.0684. The number of aromatic nitrogens is 1. The summed E-state index contributed by atoms with van der Waals surface area (Å²) in [6, 6.07) is 0. The van der Waals surface area contributed by atoms with Gasteiger partial charge in [0.25, 0.3) is 6.43 Å². The fourth-order valence-corrected chi connectivity index (χ4v) is 0.962. The number of nitrogens with two attached hydrogens (primary N) is 2. The summed E-state index contributed by atoms with van der Waals surface area (Å²) in [5.41, 5.74) is 8.45. The average Bonchev–Trinajstić information content (AvgIpc) is 2.08. The van der Waals surface area contributed by atoms with E-state index < -0.39 is 29.2 Å². The van der Waals surface area contributed by atoms with Gasteiger partial charge in [0, 0.05) is 6.20 Å². The number of aromatic carboxylic acids is 1. The Morgan fingerprint density at radius 2 is 2.07 bits per heavy atom. The average molecular weight is 203 g/mol. The van der Waals surface area contributed by atoms with Crippen molar-refractivity contribution in [2.45, 2.75) is 6.43 Å². The van der Waals surface area contributed by atoms with Crippen molar-refractivity contribution >= 4 is 17.5 Å². The van der Waals surface area contributed by atoms with Crippen LogP contribution in [-0.2, 0) is 0 Å². The van der Waals surface area contributed by atoms with Gasteiger partial charge in [-0.05, 0) is 0 Å². The molecule has 0 fully saturated rings. The van der Waals surface area contributed by atoms with Crippen molar-refractivity contribution in [3.8, 4) is 0 Å². The van der Waals surface area contributed by atoms with Crippen molar-refractivity contribution in [2.75, 3.05) is 11.5 Å². The second kappa shape index (κ2) is 3.44. The van der Waals surface area contributed by atoms with Crippen LogP contribution < -0.4 is 11.5 Å². The lowest BCUT2D eigenvalue weighted by Crippen LogP contribution is -2.10. The number of nitrogens with zero attached hydrogens (tertiary/aromatic N) is 1. The molecule has 1 aromatic rings. The highest BCUT2D eigenvalue weighted by molar-refractivity contribution is 5.92. The number of carboxylic acids is 1. The first kappa shape index (κ1) is 10.2. The van der Waals surface area contributed by atoms with E-state index in [2.05, 4.69) is 4.98 Å². The van der Waals surface area contributed by atoms with Crippen molar-refractivity contribution < 1.29 is 18.7 Å². The Balaban J connectivity index is 3.45. The molecule has 0 aliphatic carbocycles. The van der Waals surface area contributed by atoms with E-state index in [9.17, 15) is 13.6 Å². The quantitative estimate of drug-likeness (QED) is 0.662. The van der Waals surface area contributed by atoms with Gasteiger partial charge in [-0.2, -0.15) is 0 Å². The van der Waals surface area contributed by atoms with Crippen LogP contribution in [0.3, 0.4) is 0 Å². The number of nitrogen functional groups attached to an aromatic ring is 2. The molecule has 14 heavy (non-hydrogen) atoms. The highest BCUT2D eigenvalue weighted by Crippen LogP contribution is 2.30. The normalized spacial score (nSPS) is 10.5. The molecule has 0 aromatic carbocycles. The zero-order valence-electron chi connectivity index (χ0n) is 6.87. The highest BCUT2D eigenvalue weighted by atomic mass is 19.3. The number of hydrogen-bond acceptors (Lipinski definition) is 4. The number of carboxylic acid groups (broad SMARTS) is 1. The summed E-state index contributed by atoms with van der Waals surface area (Å²) in [5.74, 6) is -1.81. The van der Waals surface area contributed by atoms with E-state index in [1.807, 2.05) is 0 Å². The van der Waals surface area contributed by atoms with Gasteiger partial charge in [0.2, 0.25) is 0 Å². The molecule has 0 bridgehead atoms. The SMILES string of the molecule is Nc1ncc(C(=O)O)c(C(F)F)c1N. The van der Waals surface area contributed by atoms with Crippen molar-refractivity contribution in [3.05, 3.63) is 17.3 Å². The van der Waals surface area contributed by atoms with E-state index >= 15 is 0 Å². The van der Waals surface area contributed by atoms with Gasteiger partial charge in [0.1, 0.15) is 5.82 Å². The van der Waals surface area contributed by atoms with Gasteiger partial charge in [0.05, 0.1) is 16.8 Å². The third-order valence-electron chi connectivity index (χ3n) is 1.64. The van der Waals surface area contributed by atoms with E-state index in [0.717, 1.165) is 6.20 Å². The van der Waals surface area contributed by atoms with E-state index in [4.69, 9.17) is 16.6 Å². The zero-order valence-corrected chi connectivity index (χ0v) is 6.87. The Morgan fingerprint density at radius 1 is 1.50 bits per heavy atom. The van der Waals surface area contributed by atoms with Crippen molar-refractivity contribution in [1.29, 1.82) is 0 Å². The molecule has 0 spiro atoms. The monoisotopic (exact) mass is 203 g/mol. The second-order valence-corrected chi connectivity index (χ2v) is 2.49. The first-order valence-electron chi connectivity index (χ1n) is 3.50. The van der Waals surface area contributed by atoms with Crippen LogP contribution in [0.15, 0.2) is 6.20 Å². The summed E-state index contributed by atoms with van der Waals surface area (Å²) in [7, 11) is 0. The predicted molar refractivity (Wildman–Crippen MR) is 45.0 cm³/mol. The summed E-state index contributed by atoms with van der Waals surface area (Å²) < 4.78 is 24.8. The first-order valence-corrected chi connectivity index (χ1v) is 3.50. The minimum absolute atomic E-state index is 0.301. The highest BCUT2D eigenvalue weighted by Gasteiger charge is 2.23. The van der Waals surface area contributed by atoms with Gasteiger partial charge in [-0.3, -0.25) is 0 Å². The summed E-state index contributed by atoms with van der Waals surface area (Å²) in [6.07, 6.45) is -2.23. The Hall–Kier alpha value is -1.92. The van der Waals surface area contributed by atoms with E-state index in [-0.39, 0.29) is 5.82 Å². The van der Waals surface area contributed by atoms with E-state index in [1.54, 1.807) is 0 Å². The maximum absolute atomic E-state index is 12.4. The fourth-order valence-electron chi connectivity index (χ4n) is 0.962. The number of hydrogen-bond donors (Lipinski definition) is 3. The third kappa shape index (κ3) is 1.56. The molecule has 0 aliphatic heterocycles. The molecule has 76 valence electrons. The fraction of sp³-hybridized carbons (Fsp3) is 0.143. The maximum Gasteiger partial charge on any atom is 0.337 e. The molecule has 1 rings (SSSR count). The van der Waals surface area contributed by atoms with Crippen LogP contribution in [0.1, 0.15) is 22.3 Å². The minimum Gasteiger partial charge on any atom is -0.478 e. The van der Waals surface area contributed by atoms with Crippen LogP contribution in [0.5, 0.6) is 0 Å². The molecular formula is C7H7F2N3O2. The van der Waals surface area contributed by atoms with Crippen LogP contribution in [0.25, 0.3) is 0 Å². The van der Waals surface area contributed by atoms with Crippen LogP contribution in [0.4, 0.5) is 20.3 Å². The molecule has 1 heterocycles. The molecule has 0 radical (unpaired) electrons. The molecule has 5 nitrogen and oxygen atoms in total. The standard InChI is InChI=1S/C7H7F2N3O2/c8-5(9)3-2(7(13)14)1-12-6(11)4(3)10/h1,5H,10H2,(H2,11,12)(H,13,14). The first-order chi connectivity index (χ1) is 6.45. The Morgan fingerprint density at radius 3 is 2.50 bits per heavy atom. The van der Waals surface area contributed by atoms with Gasteiger partial charge in [-0.25, -0.2) is 18.6 Å². The topological polar surface area (TPSA) is 102 Å². The Labute approximate surface area is 77.3 Å². The van der Waals surface area contributed by atoms with Crippen LogP contribution in [0, 0.1) is 0 Å². The zero-order chi connectivity index (χ0) is 10.9. The Bertz CT molecular complexity index is 381. The third-order valence-corrected chi connectivity index (χ3v) is 1.64. The molecule has 0 saturated heterocycles. The predicted octanol–water partition coefficient (Wildman–Crippen LogP) is 0.882. The largest absolute Gasteiger partial charge is 0.478 e. The number of pyridine rings is 1. The molecule has 7 heteroatoms. The molecule has 0 saturated carbocycles. The molecule has 0 atom stereocenters. The second-order valence-electron chi connectivity index (χ2n) is 2.49. The lowest BCUT2D eigenvalue weighted by Gasteiger charge is -2.09. The van der Waals surface area contributed by atoms with Crippen LogP contribution in [-0.4, -0.2) is 16.1 Å². The van der Waals surface area contributed by atoms with Crippen molar-refractivity contribution in [2.24, 2.45) is 0 Å². The van der Waals surface area contributed by atoms with Gasteiger partial charge in [-0.15, -0.1) is 0 Å². The van der Waals surface area contributed by atoms with Crippen LogP contribution in [0.2, 0.25) is 0 Å². The molecule has 0 aliphatic rings. The molecular weight excluding hydrogens is 196 g/mol. The van der Waals surface area contributed by atoms with Crippen LogP contribution >= 0.6 is 0 Å². The summed E-state index contributed by atoms with van der Waals surface area (Å²) in [5, 5.41) is 8.56. The Kier molecular flexibility index (Phi) is 2.50. The number of halogens is 2. The number of carbonyl (C=O) groups is 1. The molecule has 0 unspecified atom stereocenters. The smallest absolute Gasteiger partial charge is 0.337 e. The van der Waals surface area contributed by atoms with Gasteiger partial charge >= 0.3 is 5.97 Å². The minimum atomic E-state index is -2.99. The van der Waals surface area contributed by atoms with Gasteiger partial charge in [-0.1, -0.05) is 0 Å². The van der Waals surface area contributed by atoms with Crippen molar-refractivity contribution in [1.82, 2.24) is 4.98 Å². The summed E-state index contributed by atoms with van der Waals surface area (Å²) >= 11 is 0. The maximum atomic E-state index is 12.4. The van der Waals surface area contributed by atoms with E-state index in [1.165, 1.54) is 0 Å².